The Morgan fingerprint density at radius 2 is 1.71 bits per heavy atom. The molecular weight excluding hydrogens is 423 g/mol. The van der Waals surface area contributed by atoms with E-state index in [2.05, 4.69) is 56.0 Å². The number of carbonyl (C=O) groups excluding carboxylic acids is 1. The van der Waals surface area contributed by atoms with E-state index in [1.807, 2.05) is 0 Å². The van der Waals surface area contributed by atoms with Crippen LogP contribution < -0.4 is 0 Å². The number of carbonyl (C=O) groups is 1. The lowest BCUT2D eigenvalue weighted by atomic mass is 9.97. The van der Waals surface area contributed by atoms with Crippen molar-refractivity contribution in [3.63, 3.8) is 0 Å². The maximum atomic E-state index is 13.8. The molecule has 0 radical (unpaired) electrons. The summed E-state index contributed by atoms with van der Waals surface area (Å²) in [5.41, 5.74) is 4.82. The Kier molecular flexibility index (Phi) is 6.65. The monoisotopic (exact) mass is 446 g/mol. The van der Waals surface area contributed by atoms with Gasteiger partial charge in [0.15, 0.2) is 6.29 Å². The van der Waals surface area contributed by atoms with E-state index in [9.17, 15) is 9.18 Å². The molecule has 0 bridgehead atoms. The third-order valence-electron chi connectivity index (χ3n) is 5.16. The van der Waals surface area contributed by atoms with Gasteiger partial charge in [0, 0.05) is 19.8 Å². The molecule has 31 heavy (non-hydrogen) atoms. The van der Waals surface area contributed by atoms with Crippen molar-refractivity contribution >= 4 is 38.4 Å². The number of thiophene rings is 2. The van der Waals surface area contributed by atoms with Crippen LogP contribution in [-0.4, -0.2) is 6.29 Å². The van der Waals surface area contributed by atoms with Crippen LogP contribution in [0, 0.1) is 17.7 Å². The van der Waals surface area contributed by atoms with Crippen LogP contribution in [0.3, 0.4) is 0 Å². The first-order chi connectivity index (χ1) is 15.1. The van der Waals surface area contributed by atoms with E-state index in [4.69, 9.17) is 0 Å². The first-order valence-corrected chi connectivity index (χ1v) is 12.2. The number of hydrogen-bond donors (Lipinski definition) is 0. The molecule has 0 unspecified atom stereocenters. The van der Waals surface area contributed by atoms with Crippen molar-refractivity contribution < 1.29 is 9.18 Å². The zero-order chi connectivity index (χ0) is 21.8. The van der Waals surface area contributed by atoms with Gasteiger partial charge >= 0.3 is 0 Å². The van der Waals surface area contributed by atoms with Crippen LogP contribution in [0.5, 0.6) is 0 Å². The van der Waals surface area contributed by atoms with E-state index in [0.29, 0.717) is 11.8 Å². The Hall–Kier alpha value is -2.74. The second-order valence-corrected chi connectivity index (χ2v) is 9.71. The molecular formula is C27H23FOS2. The second-order valence-electron chi connectivity index (χ2n) is 7.55. The minimum atomic E-state index is -0.536. The molecule has 2 heterocycles. The zero-order valence-electron chi connectivity index (χ0n) is 17.6. The minimum Gasteiger partial charge on any atom is -0.298 e. The molecule has 0 aliphatic carbocycles. The summed E-state index contributed by atoms with van der Waals surface area (Å²) in [6.07, 6.45) is 5.03. The smallest absolute Gasteiger partial charge is 0.152 e. The van der Waals surface area contributed by atoms with Crippen LogP contribution in [-0.2, 0) is 12.8 Å². The molecule has 0 N–H and O–H groups in total. The van der Waals surface area contributed by atoms with Crippen LogP contribution in [0.2, 0.25) is 0 Å². The molecule has 0 saturated heterocycles. The summed E-state index contributed by atoms with van der Waals surface area (Å²) >= 11 is 3.46. The van der Waals surface area contributed by atoms with E-state index in [0.717, 1.165) is 30.6 Å². The van der Waals surface area contributed by atoms with Crippen LogP contribution in [0.25, 0.3) is 19.8 Å². The molecule has 0 aliphatic rings. The van der Waals surface area contributed by atoms with Crippen molar-refractivity contribution in [1.29, 1.82) is 0 Å². The molecule has 4 heteroatoms. The van der Waals surface area contributed by atoms with E-state index in [-0.39, 0.29) is 5.56 Å². The van der Waals surface area contributed by atoms with Crippen molar-refractivity contribution in [3.8, 4) is 22.3 Å². The molecule has 0 spiro atoms. The third-order valence-corrected chi connectivity index (χ3v) is 7.40. The average Bonchev–Trinajstić information content (AvgIpc) is 3.32. The summed E-state index contributed by atoms with van der Waals surface area (Å²) in [5, 5.41) is 0. The van der Waals surface area contributed by atoms with Crippen molar-refractivity contribution in [2.24, 2.45) is 0 Å². The molecule has 0 aliphatic heterocycles. The van der Waals surface area contributed by atoms with Crippen LogP contribution in [0.4, 0.5) is 4.39 Å². The summed E-state index contributed by atoms with van der Waals surface area (Å²) in [6, 6.07) is 15.7. The van der Waals surface area contributed by atoms with Gasteiger partial charge in [-0.1, -0.05) is 56.7 Å². The van der Waals surface area contributed by atoms with Crippen molar-refractivity contribution in [1.82, 2.24) is 0 Å². The van der Waals surface area contributed by atoms with Crippen LogP contribution >= 0.6 is 22.7 Å². The first kappa shape index (κ1) is 21.5. The molecule has 4 rings (SSSR count). The normalized spacial score (nSPS) is 10.8. The lowest BCUT2D eigenvalue weighted by Crippen LogP contribution is -1.92. The van der Waals surface area contributed by atoms with Crippen molar-refractivity contribution in [2.45, 2.75) is 39.5 Å². The highest BCUT2D eigenvalue weighted by Gasteiger charge is 2.12. The maximum absolute atomic E-state index is 13.8. The van der Waals surface area contributed by atoms with Gasteiger partial charge in [-0.2, -0.15) is 0 Å². The van der Waals surface area contributed by atoms with Crippen LogP contribution in [0.15, 0.2) is 48.5 Å². The third kappa shape index (κ3) is 4.79. The standard InChI is InChI=1S/C27H23FOS2/c1-3-5-18-9-12-23(20(13-18)6-4-2)25-16-27-26(31-25)15-22(30-27)11-8-19-7-10-21(17-29)24(28)14-19/h7,9-10,12-17H,3-6H2,1-2H3. The summed E-state index contributed by atoms with van der Waals surface area (Å²) in [4.78, 5) is 13.0. The van der Waals surface area contributed by atoms with Crippen molar-refractivity contribution in [2.75, 3.05) is 0 Å². The number of rotatable bonds is 6. The molecule has 0 fully saturated rings. The molecule has 0 amide bonds. The number of aryl methyl sites for hydroxylation is 2. The van der Waals surface area contributed by atoms with E-state index in [1.165, 1.54) is 43.1 Å². The zero-order valence-corrected chi connectivity index (χ0v) is 19.3. The Balaban J connectivity index is 1.61. The Bertz CT molecular complexity index is 1270. The first-order valence-electron chi connectivity index (χ1n) is 10.5. The van der Waals surface area contributed by atoms with E-state index < -0.39 is 5.82 Å². The predicted molar refractivity (Wildman–Crippen MR) is 131 cm³/mol. The van der Waals surface area contributed by atoms with E-state index >= 15 is 0 Å². The van der Waals surface area contributed by atoms with Gasteiger partial charge in [0.25, 0.3) is 0 Å². The summed E-state index contributed by atoms with van der Waals surface area (Å²) in [7, 11) is 0. The average molecular weight is 447 g/mol. The number of hydrogen-bond acceptors (Lipinski definition) is 3. The highest BCUT2D eigenvalue weighted by Crippen LogP contribution is 2.39. The molecule has 4 aromatic rings. The lowest BCUT2D eigenvalue weighted by Gasteiger charge is -2.10. The van der Waals surface area contributed by atoms with Crippen LogP contribution in [0.1, 0.15) is 58.6 Å². The number of aldehydes is 1. The molecule has 0 saturated carbocycles. The van der Waals surface area contributed by atoms with Crippen molar-refractivity contribution in [3.05, 3.63) is 81.5 Å². The quantitative estimate of drug-likeness (QED) is 0.217. The van der Waals surface area contributed by atoms with Gasteiger partial charge in [0.05, 0.1) is 10.4 Å². The highest BCUT2D eigenvalue weighted by atomic mass is 32.1. The second kappa shape index (κ2) is 9.60. The Labute approximate surface area is 190 Å². The largest absolute Gasteiger partial charge is 0.298 e. The van der Waals surface area contributed by atoms with Gasteiger partial charge in [0.1, 0.15) is 5.82 Å². The molecule has 1 nitrogen and oxygen atoms in total. The molecule has 156 valence electrons. The maximum Gasteiger partial charge on any atom is 0.152 e. The van der Waals surface area contributed by atoms with Gasteiger partial charge in [0.2, 0.25) is 0 Å². The Morgan fingerprint density at radius 3 is 2.42 bits per heavy atom. The molecule has 2 aromatic heterocycles. The Morgan fingerprint density at radius 1 is 0.903 bits per heavy atom. The van der Waals surface area contributed by atoms with Gasteiger partial charge in [-0.25, -0.2) is 4.39 Å². The number of halogens is 1. The van der Waals surface area contributed by atoms with Gasteiger partial charge in [-0.05, 0) is 59.9 Å². The SMILES string of the molecule is CCCc1ccc(-c2cc3sc(C#Cc4ccc(C=O)c(F)c4)cc3s2)c(CCC)c1. The van der Waals surface area contributed by atoms with Gasteiger partial charge < -0.3 is 0 Å². The lowest BCUT2D eigenvalue weighted by molar-refractivity contribution is 0.112. The topological polar surface area (TPSA) is 17.1 Å². The van der Waals surface area contributed by atoms with Gasteiger partial charge in [-0.3, -0.25) is 4.79 Å². The number of benzene rings is 2. The number of fused-ring (bicyclic) bond motifs is 1. The summed E-state index contributed by atoms with van der Waals surface area (Å²) in [6.45, 7) is 4.45. The molecule has 0 atom stereocenters. The van der Waals surface area contributed by atoms with Gasteiger partial charge in [-0.15, -0.1) is 22.7 Å². The predicted octanol–water partition coefficient (Wildman–Crippen LogP) is 7.89. The minimum absolute atomic E-state index is 0.0554. The fourth-order valence-electron chi connectivity index (χ4n) is 3.67. The summed E-state index contributed by atoms with van der Waals surface area (Å²) < 4.78 is 16.2. The summed E-state index contributed by atoms with van der Waals surface area (Å²) in [5.74, 6) is 5.60. The fourth-order valence-corrected chi connectivity index (χ4v) is 5.98. The molecule has 2 aromatic carbocycles. The highest BCUT2D eigenvalue weighted by molar-refractivity contribution is 7.29. The van der Waals surface area contributed by atoms with E-state index in [1.54, 1.807) is 28.7 Å². The fraction of sp³-hybridized carbons (Fsp3) is 0.222.